The summed E-state index contributed by atoms with van der Waals surface area (Å²) < 4.78 is 1.69. The van der Waals surface area contributed by atoms with Crippen molar-refractivity contribution < 1.29 is 4.79 Å². The van der Waals surface area contributed by atoms with E-state index in [0.717, 1.165) is 11.3 Å². The maximum absolute atomic E-state index is 12.4. The minimum absolute atomic E-state index is 0.224. The molecule has 1 amide bonds. The Labute approximate surface area is 130 Å². The van der Waals surface area contributed by atoms with Crippen LogP contribution in [0.3, 0.4) is 0 Å². The van der Waals surface area contributed by atoms with E-state index in [1.807, 2.05) is 31.2 Å². The number of anilines is 1. The number of carbonyl (C=O) groups is 1. The lowest BCUT2D eigenvalue weighted by Gasteiger charge is -2.07. The maximum atomic E-state index is 12.4. The van der Waals surface area contributed by atoms with Crippen LogP contribution in [0.4, 0.5) is 5.69 Å². The van der Waals surface area contributed by atoms with E-state index < -0.39 is 0 Å². The number of hydrogen-bond donors (Lipinski definition) is 1. The molecule has 1 aromatic carbocycles. The molecule has 0 spiro atoms. The van der Waals surface area contributed by atoms with Crippen LogP contribution in [0.25, 0.3) is 0 Å². The van der Waals surface area contributed by atoms with Crippen molar-refractivity contribution in [1.29, 1.82) is 0 Å². The van der Waals surface area contributed by atoms with Gasteiger partial charge in [-0.2, -0.15) is 5.10 Å². The van der Waals surface area contributed by atoms with Gasteiger partial charge in [-0.15, -0.1) is 0 Å². The number of hydrogen-bond acceptors (Lipinski definition) is 2. The smallest absolute Gasteiger partial charge is 0.260 e. The Morgan fingerprint density at radius 2 is 2.10 bits per heavy atom. The second-order valence-corrected chi connectivity index (χ2v) is 6.01. The molecule has 0 atom stereocenters. The summed E-state index contributed by atoms with van der Waals surface area (Å²) >= 11 is 6.31. The standard InChI is InChI=1S/C16H20ClN3O/c1-10(2)9-20-15(17)14(12(4)19-20)16(21)18-13-7-5-6-11(3)8-13/h5-8,10H,9H2,1-4H3,(H,18,21). The lowest BCUT2D eigenvalue weighted by atomic mass is 10.2. The minimum atomic E-state index is -0.224. The summed E-state index contributed by atoms with van der Waals surface area (Å²) in [5, 5.41) is 7.62. The van der Waals surface area contributed by atoms with Gasteiger partial charge in [0.15, 0.2) is 0 Å². The van der Waals surface area contributed by atoms with Gasteiger partial charge >= 0.3 is 0 Å². The van der Waals surface area contributed by atoms with Crippen LogP contribution in [0.5, 0.6) is 0 Å². The third kappa shape index (κ3) is 3.64. The number of aryl methyl sites for hydroxylation is 2. The van der Waals surface area contributed by atoms with E-state index in [1.54, 1.807) is 11.6 Å². The number of nitrogens with one attached hydrogen (secondary N) is 1. The van der Waals surface area contributed by atoms with Crippen molar-refractivity contribution in [1.82, 2.24) is 9.78 Å². The van der Waals surface area contributed by atoms with Crippen molar-refractivity contribution >= 4 is 23.2 Å². The predicted molar refractivity (Wildman–Crippen MR) is 85.9 cm³/mol. The van der Waals surface area contributed by atoms with Crippen molar-refractivity contribution in [3.63, 3.8) is 0 Å². The van der Waals surface area contributed by atoms with Gasteiger partial charge in [0.05, 0.1) is 11.3 Å². The Morgan fingerprint density at radius 3 is 2.71 bits per heavy atom. The summed E-state index contributed by atoms with van der Waals surface area (Å²) in [5.41, 5.74) is 2.93. The molecule has 0 aliphatic rings. The van der Waals surface area contributed by atoms with Crippen LogP contribution >= 0.6 is 11.6 Å². The summed E-state index contributed by atoms with van der Waals surface area (Å²) in [6.45, 7) is 8.64. The summed E-state index contributed by atoms with van der Waals surface area (Å²) in [6.07, 6.45) is 0. The molecule has 4 nitrogen and oxygen atoms in total. The number of aromatic nitrogens is 2. The molecule has 0 saturated carbocycles. The summed E-state index contributed by atoms with van der Waals surface area (Å²) in [4.78, 5) is 12.4. The normalized spacial score (nSPS) is 11.0. The van der Waals surface area contributed by atoms with Gasteiger partial charge in [0, 0.05) is 12.2 Å². The zero-order valence-electron chi connectivity index (χ0n) is 12.8. The fraction of sp³-hybridized carbons (Fsp3) is 0.375. The monoisotopic (exact) mass is 305 g/mol. The van der Waals surface area contributed by atoms with Gasteiger partial charge < -0.3 is 5.32 Å². The van der Waals surface area contributed by atoms with Crippen LogP contribution in [0.2, 0.25) is 5.15 Å². The third-order valence-electron chi connectivity index (χ3n) is 3.11. The average Bonchev–Trinajstić information content (AvgIpc) is 2.63. The zero-order valence-corrected chi connectivity index (χ0v) is 13.5. The van der Waals surface area contributed by atoms with E-state index in [4.69, 9.17) is 11.6 Å². The van der Waals surface area contributed by atoms with Gasteiger partial charge in [0.2, 0.25) is 0 Å². The van der Waals surface area contributed by atoms with Crippen molar-refractivity contribution in [2.75, 3.05) is 5.32 Å². The molecule has 5 heteroatoms. The van der Waals surface area contributed by atoms with E-state index in [-0.39, 0.29) is 5.91 Å². The lowest BCUT2D eigenvalue weighted by Crippen LogP contribution is -2.13. The van der Waals surface area contributed by atoms with E-state index in [2.05, 4.69) is 24.3 Å². The first-order chi connectivity index (χ1) is 9.88. The molecule has 21 heavy (non-hydrogen) atoms. The first-order valence-corrected chi connectivity index (χ1v) is 7.37. The van der Waals surface area contributed by atoms with Crippen LogP contribution in [0.1, 0.15) is 35.5 Å². The number of nitrogens with zero attached hydrogens (tertiary/aromatic N) is 2. The molecule has 0 bridgehead atoms. The lowest BCUT2D eigenvalue weighted by molar-refractivity contribution is 0.102. The Bertz CT molecular complexity index is 662. The molecule has 0 aliphatic carbocycles. The fourth-order valence-corrected chi connectivity index (χ4v) is 2.52. The highest BCUT2D eigenvalue weighted by molar-refractivity contribution is 6.33. The molecule has 0 unspecified atom stereocenters. The summed E-state index contributed by atoms with van der Waals surface area (Å²) in [5.74, 6) is 0.188. The molecule has 0 aliphatic heterocycles. The highest BCUT2D eigenvalue weighted by Gasteiger charge is 2.20. The number of carbonyl (C=O) groups excluding carboxylic acids is 1. The first kappa shape index (κ1) is 15.6. The Morgan fingerprint density at radius 1 is 1.38 bits per heavy atom. The van der Waals surface area contributed by atoms with Gasteiger partial charge in [-0.3, -0.25) is 9.48 Å². The van der Waals surface area contributed by atoms with E-state index >= 15 is 0 Å². The topological polar surface area (TPSA) is 46.9 Å². The molecule has 1 heterocycles. The maximum Gasteiger partial charge on any atom is 0.260 e. The minimum Gasteiger partial charge on any atom is -0.322 e. The molecule has 0 saturated heterocycles. The fourth-order valence-electron chi connectivity index (χ4n) is 2.19. The Kier molecular flexibility index (Phi) is 4.68. The van der Waals surface area contributed by atoms with Crippen molar-refractivity contribution in [3.05, 3.63) is 46.2 Å². The largest absolute Gasteiger partial charge is 0.322 e. The molecule has 2 aromatic rings. The second-order valence-electron chi connectivity index (χ2n) is 5.65. The molecular formula is C16H20ClN3O. The van der Waals surface area contributed by atoms with E-state index in [0.29, 0.717) is 28.9 Å². The molecule has 112 valence electrons. The molecule has 0 radical (unpaired) electrons. The average molecular weight is 306 g/mol. The zero-order chi connectivity index (χ0) is 15.6. The van der Waals surface area contributed by atoms with Gasteiger partial charge in [-0.05, 0) is 37.5 Å². The van der Waals surface area contributed by atoms with Crippen LogP contribution in [0.15, 0.2) is 24.3 Å². The molecule has 1 aromatic heterocycles. The van der Waals surface area contributed by atoms with Gasteiger partial charge in [-0.25, -0.2) is 0 Å². The van der Waals surface area contributed by atoms with Crippen molar-refractivity contribution in [2.45, 2.75) is 34.2 Å². The van der Waals surface area contributed by atoms with Crippen LogP contribution in [0, 0.1) is 19.8 Å². The number of amides is 1. The predicted octanol–water partition coefficient (Wildman–Crippen LogP) is 4.06. The summed E-state index contributed by atoms with van der Waals surface area (Å²) in [7, 11) is 0. The van der Waals surface area contributed by atoms with Gasteiger partial charge in [0.1, 0.15) is 5.15 Å². The number of rotatable bonds is 4. The van der Waals surface area contributed by atoms with Crippen LogP contribution in [-0.2, 0) is 6.54 Å². The highest BCUT2D eigenvalue weighted by Crippen LogP contribution is 2.22. The molecule has 0 fully saturated rings. The molecule has 2 rings (SSSR count). The third-order valence-corrected chi connectivity index (χ3v) is 3.49. The quantitative estimate of drug-likeness (QED) is 0.926. The van der Waals surface area contributed by atoms with Crippen LogP contribution < -0.4 is 5.32 Å². The van der Waals surface area contributed by atoms with Gasteiger partial charge in [0.25, 0.3) is 5.91 Å². The van der Waals surface area contributed by atoms with E-state index in [9.17, 15) is 4.79 Å². The first-order valence-electron chi connectivity index (χ1n) is 6.99. The van der Waals surface area contributed by atoms with E-state index in [1.165, 1.54) is 0 Å². The summed E-state index contributed by atoms with van der Waals surface area (Å²) in [6, 6.07) is 7.66. The molecule has 1 N–H and O–H groups in total. The van der Waals surface area contributed by atoms with Gasteiger partial charge in [-0.1, -0.05) is 37.6 Å². The number of benzene rings is 1. The molecular weight excluding hydrogens is 286 g/mol. The SMILES string of the molecule is Cc1cccc(NC(=O)c2c(C)nn(CC(C)C)c2Cl)c1. The number of halogens is 1. The Hall–Kier alpha value is -1.81. The Balaban J connectivity index is 2.25. The highest BCUT2D eigenvalue weighted by atomic mass is 35.5. The van der Waals surface area contributed by atoms with Crippen molar-refractivity contribution in [3.8, 4) is 0 Å². The second kappa shape index (κ2) is 6.31. The van der Waals surface area contributed by atoms with Crippen molar-refractivity contribution in [2.24, 2.45) is 5.92 Å². The van der Waals surface area contributed by atoms with Crippen LogP contribution in [-0.4, -0.2) is 15.7 Å².